The van der Waals surface area contributed by atoms with Crippen LogP contribution in [0.3, 0.4) is 0 Å². The van der Waals surface area contributed by atoms with Crippen LogP contribution < -0.4 is 25.5 Å². The number of benzene rings is 2. The summed E-state index contributed by atoms with van der Waals surface area (Å²) >= 11 is 0. The van der Waals surface area contributed by atoms with E-state index in [1.165, 1.54) is 32.6 Å². The molecular weight excluding hydrogens is 362 g/mol. The molecular formula is C20H19N3O5. The van der Waals surface area contributed by atoms with Crippen molar-refractivity contribution >= 4 is 17.1 Å². The zero-order valence-corrected chi connectivity index (χ0v) is 15.5. The molecule has 144 valence electrons. The lowest BCUT2D eigenvalue weighted by Crippen LogP contribution is -2.32. The monoisotopic (exact) mass is 381 g/mol. The molecule has 0 fully saturated rings. The van der Waals surface area contributed by atoms with Crippen LogP contribution in [0.4, 0.5) is 0 Å². The predicted octanol–water partition coefficient (Wildman–Crippen LogP) is 2.15. The number of rotatable bonds is 7. The number of H-pyrrole nitrogens is 1. The van der Waals surface area contributed by atoms with Gasteiger partial charge in [-0.2, -0.15) is 5.10 Å². The molecule has 3 rings (SSSR count). The van der Waals surface area contributed by atoms with Crippen LogP contribution in [0.25, 0.3) is 10.9 Å². The van der Waals surface area contributed by atoms with Crippen LogP contribution in [0.15, 0.2) is 63.7 Å². The number of hydrogen-bond donors (Lipinski definition) is 1. The number of fused-ring (bicyclic) bond motifs is 1. The maximum absolute atomic E-state index is 12.7. The summed E-state index contributed by atoms with van der Waals surface area (Å²) < 4.78 is 16.6. The lowest BCUT2D eigenvalue weighted by Gasteiger charge is -2.09. The van der Waals surface area contributed by atoms with Gasteiger partial charge in [0.2, 0.25) is 0 Å². The van der Waals surface area contributed by atoms with Gasteiger partial charge in [-0.25, -0.2) is 4.79 Å². The molecule has 0 atom stereocenters. The highest BCUT2D eigenvalue weighted by atomic mass is 16.5. The normalized spacial score (nSPS) is 10.9. The Morgan fingerprint density at radius 2 is 1.89 bits per heavy atom. The Hall–Kier alpha value is -3.81. The van der Waals surface area contributed by atoms with Crippen molar-refractivity contribution in [2.45, 2.75) is 0 Å². The average molecular weight is 381 g/mol. The van der Waals surface area contributed by atoms with Gasteiger partial charge in [-0.05, 0) is 23.8 Å². The molecule has 0 saturated heterocycles. The Balaban J connectivity index is 2.04. The summed E-state index contributed by atoms with van der Waals surface area (Å²) in [6, 6.07) is 10.1. The molecule has 0 saturated carbocycles. The fourth-order valence-corrected chi connectivity index (χ4v) is 2.60. The van der Waals surface area contributed by atoms with Gasteiger partial charge in [0.15, 0.2) is 11.5 Å². The van der Waals surface area contributed by atoms with Crippen molar-refractivity contribution in [1.29, 1.82) is 0 Å². The van der Waals surface area contributed by atoms with E-state index < -0.39 is 11.2 Å². The van der Waals surface area contributed by atoms with Gasteiger partial charge >= 0.3 is 5.69 Å². The van der Waals surface area contributed by atoms with E-state index in [9.17, 15) is 9.59 Å². The molecule has 0 unspecified atom stereocenters. The van der Waals surface area contributed by atoms with Gasteiger partial charge in [0.25, 0.3) is 5.56 Å². The average Bonchev–Trinajstić information content (AvgIpc) is 2.71. The highest BCUT2D eigenvalue weighted by Gasteiger charge is 2.12. The SMILES string of the molecule is C=CCOc1cccc(C=Nn2c(=O)[nH]c3cc(OC)c(OC)cc3c2=O)c1. The standard InChI is InChI=1S/C20H19N3O5/c1-4-8-28-14-7-5-6-13(9-14)12-21-23-19(24)15-10-17(26-2)18(27-3)11-16(15)22-20(23)25/h4-7,9-12H,1,8H2,2-3H3,(H,22,25). The molecule has 0 aliphatic carbocycles. The van der Waals surface area contributed by atoms with Crippen molar-refractivity contribution in [2.75, 3.05) is 20.8 Å². The molecule has 1 heterocycles. The van der Waals surface area contributed by atoms with Gasteiger partial charge in [-0.15, -0.1) is 4.68 Å². The highest BCUT2D eigenvalue weighted by molar-refractivity contribution is 5.82. The second-order valence-electron chi connectivity index (χ2n) is 5.72. The topological polar surface area (TPSA) is 94.9 Å². The summed E-state index contributed by atoms with van der Waals surface area (Å²) in [7, 11) is 2.94. The summed E-state index contributed by atoms with van der Waals surface area (Å²) in [5, 5.41) is 4.28. The highest BCUT2D eigenvalue weighted by Crippen LogP contribution is 2.29. The van der Waals surface area contributed by atoms with Crippen LogP contribution in [0, 0.1) is 0 Å². The maximum atomic E-state index is 12.7. The van der Waals surface area contributed by atoms with Gasteiger partial charge in [-0.1, -0.05) is 24.8 Å². The Morgan fingerprint density at radius 3 is 2.61 bits per heavy atom. The summed E-state index contributed by atoms with van der Waals surface area (Å²) in [6.45, 7) is 3.97. The second-order valence-corrected chi connectivity index (χ2v) is 5.72. The lowest BCUT2D eigenvalue weighted by molar-refractivity contribution is 0.355. The number of methoxy groups -OCH3 is 2. The Kier molecular flexibility index (Phi) is 5.59. The van der Waals surface area contributed by atoms with E-state index in [-0.39, 0.29) is 5.39 Å². The minimum Gasteiger partial charge on any atom is -0.493 e. The molecule has 3 aromatic rings. The van der Waals surface area contributed by atoms with E-state index in [0.29, 0.717) is 34.9 Å². The summed E-state index contributed by atoms with van der Waals surface area (Å²) in [4.78, 5) is 27.7. The van der Waals surface area contributed by atoms with Crippen molar-refractivity contribution in [3.8, 4) is 17.2 Å². The molecule has 0 aliphatic heterocycles. The molecule has 0 aliphatic rings. The summed E-state index contributed by atoms with van der Waals surface area (Å²) in [5.74, 6) is 1.41. The van der Waals surface area contributed by atoms with Gasteiger partial charge in [0.05, 0.1) is 31.3 Å². The second kappa shape index (κ2) is 8.26. The molecule has 0 spiro atoms. The van der Waals surface area contributed by atoms with Crippen molar-refractivity contribution in [1.82, 2.24) is 9.66 Å². The molecule has 2 aromatic carbocycles. The molecule has 1 aromatic heterocycles. The van der Waals surface area contributed by atoms with Crippen LogP contribution in [0.2, 0.25) is 0 Å². The molecule has 28 heavy (non-hydrogen) atoms. The third-order valence-corrected chi connectivity index (χ3v) is 3.93. The van der Waals surface area contributed by atoms with Crippen LogP contribution >= 0.6 is 0 Å². The Bertz CT molecular complexity index is 1160. The predicted molar refractivity (Wildman–Crippen MR) is 107 cm³/mol. The van der Waals surface area contributed by atoms with Gasteiger partial charge in [-0.3, -0.25) is 4.79 Å². The Morgan fingerprint density at radius 1 is 1.14 bits per heavy atom. The van der Waals surface area contributed by atoms with Crippen molar-refractivity contribution in [2.24, 2.45) is 5.10 Å². The quantitative estimate of drug-likeness (QED) is 0.500. The minimum atomic E-state index is -0.667. The molecule has 1 N–H and O–H groups in total. The van der Waals surface area contributed by atoms with E-state index in [1.54, 1.807) is 30.3 Å². The van der Waals surface area contributed by atoms with Gasteiger partial charge in [0, 0.05) is 6.07 Å². The molecule has 0 bridgehead atoms. The van der Waals surface area contributed by atoms with E-state index in [1.807, 2.05) is 0 Å². The van der Waals surface area contributed by atoms with Gasteiger partial charge in [0.1, 0.15) is 12.4 Å². The zero-order chi connectivity index (χ0) is 20.1. The molecule has 0 radical (unpaired) electrons. The summed E-state index contributed by atoms with van der Waals surface area (Å²) in [6.07, 6.45) is 3.04. The maximum Gasteiger partial charge on any atom is 0.349 e. The molecule has 8 nitrogen and oxygen atoms in total. The lowest BCUT2D eigenvalue weighted by atomic mass is 10.2. The van der Waals surface area contributed by atoms with Crippen LogP contribution in [0.1, 0.15) is 5.56 Å². The van der Waals surface area contributed by atoms with E-state index in [2.05, 4.69) is 16.7 Å². The fraction of sp³-hybridized carbons (Fsp3) is 0.150. The first-order chi connectivity index (χ1) is 13.6. The van der Waals surface area contributed by atoms with Gasteiger partial charge < -0.3 is 19.2 Å². The van der Waals surface area contributed by atoms with Crippen molar-refractivity contribution in [3.63, 3.8) is 0 Å². The van der Waals surface area contributed by atoms with Crippen LogP contribution in [-0.4, -0.2) is 36.7 Å². The molecule has 0 amide bonds. The van der Waals surface area contributed by atoms with E-state index in [0.717, 1.165) is 4.68 Å². The third-order valence-electron chi connectivity index (χ3n) is 3.93. The number of hydrogen-bond acceptors (Lipinski definition) is 6. The molecule has 8 heteroatoms. The van der Waals surface area contributed by atoms with Crippen LogP contribution in [0.5, 0.6) is 17.2 Å². The van der Waals surface area contributed by atoms with E-state index >= 15 is 0 Å². The number of aromatic amines is 1. The Labute approximate surface area is 160 Å². The van der Waals surface area contributed by atoms with E-state index in [4.69, 9.17) is 14.2 Å². The minimum absolute atomic E-state index is 0.248. The first-order valence-corrected chi connectivity index (χ1v) is 8.36. The van der Waals surface area contributed by atoms with Crippen molar-refractivity contribution < 1.29 is 14.2 Å². The van der Waals surface area contributed by atoms with Crippen molar-refractivity contribution in [3.05, 3.63) is 75.5 Å². The smallest absolute Gasteiger partial charge is 0.349 e. The summed E-state index contributed by atoms with van der Waals surface area (Å²) in [5.41, 5.74) is -0.241. The first-order valence-electron chi connectivity index (χ1n) is 8.36. The van der Waals surface area contributed by atoms with Crippen LogP contribution in [-0.2, 0) is 0 Å². The number of nitrogens with one attached hydrogen (secondary N) is 1. The largest absolute Gasteiger partial charge is 0.493 e. The zero-order valence-electron chi connectivity index (χ0n) is 15.5. The fourth-order valence-electron chi connectivity index (χ4n) is 2.60. The number of nitrogens with zero attached hydrogens (tertiary/aromatic N) is 2. The number of aromatic nitrogens is 2. The first kappa shape index (κ1) is 19.0. The third kappa shape index (κ3) is 3.80. The number of ether oxygens (including phenoxy) is 3.